The van der Waals surface area contributed by atoms with E-state index in [1.807, 2.05) is 0 Å². The summed E-state index contributed by atoms with van der Waals surface area (Å²) in [5.41, 5.74) is -4.17. The van der Waals surface area contributed by atoms with E-state index in [2.05, 4.69) is 5.32 Å². The van der Waals surface area contributed by atoms with Crippen LogP contribution in [-0.4, -0.2) is 24.0 Å². The van der Waals surface area contributed by atoms with Crippen molar-refractivity contribution in [3.05, 3.63) is 23.2 Å². The van der Waals surface area contributed by atoms with Crippen LogP contribution in [0.1, 0.15) is 0 Å². The second-order valence-corrected chi connectivity index (χ2v) is 5.12. The summed E-state index contributed by atoms with van der Waals surface area (Å²) in [5.74, 6) is -0.477. The zero-order chi connectivity index (χ0) is 14.2. The SMILES string of the molecule is O=C1CN(c2ccc(SC(F)(F)F)c(Cl)c2)C(=O)N1. The normalized spacial score (nSPS) is 15.9. The lowest BCUT2D eigenvalue weighted by atomic mass is 10.3. The molecule has 3 amide bonds. The van der Waals surface area contributed by atoms with Crippen molar-refractivity contribution in [2.45, 2.75) is 10.4 Å². The smallest absolute Gasteiger partial charge is 0.285 e. The number of anilines is 1. The van der Waals surface area contributed by atoms with Gasteiger partial charge in [0.1, 0.15) is 6.54 Å². The molecule has 0 radical (unpaired) electrons. The molecule has 0 unspecified atom stereocenters. The van der Waals surface area contributed by atoms with E-state index in [-0.39, 0.29) is 33.9 Å². The topological polar surface area (TPSA) is 49.4 Å². The average Bonchev–Trinajstić information content (AvgIpc) is 2.59. The summed E-state index contributed by atoms with van der Waals surface area (Å²) in [7, 11) is 0. The van der Waals surface area contributed by atoms with Crippen molar-refractivity contribution in [1.82, 2.24) is 5.32 Å². The molecule has 0 saturated carbocycles. The average molecular weight is 311 g/mol. The molecular formula is C10H6ClF3N2O2S. The maximum atomic E-state index is 12.2. The molecule has 4 nitrogen and oxygen atoms in total. The predicted octanol–water partition coefficient (Wildman–Crippen LogP) is 3.01. The second-order valence-electron chi connectivity index (χ2n) is 3.60. The van der Waals surface area contributed by atoms with Crippen LogP contribution in [0.3, 0.4) is 0 Å². The van der Waals surface area contributed by atoms with E-state index in [9.17, 15) is 22.8 Å². The number of thioether (sulfide) groups is 1. The molecule has 1 aliphatic rings. The number of imide groups is 1. The van der Waals surface area contributed by atoms with E-state index in [4.69, 9.17) is 11.6 Å². The van der Waals surface area contributed by atoms with Gasteiger partial charge in [0.25, 0.3) is 0 Å². The minimum atomic E-state index is -4.44. The Morgan fingerprint density at radius 3 is 2.47 bits per heavy atom. The van der Waals surface area contributed by atoms with Crippen LogP contribution >= 0.6 is 23.4 Å². The number of urea groups is 1. The van der Waals surface area contributed by atoms with Gasteiger partial charge in [-0.25, -0.2) is 4.79 Å². The number of alkyl halides is 3. The van der Waals surface area contributed by atoms with Crippen molar-refractivity contribution in [2.24, 2.45) is 0 Å². The van der Waals surface area contributed by atoms with E-state index in [1.54, 1.807) is 0 Å². The van der Waals surface area contributed by atoms with Crippen LogP contribution in [-0.2, 0) is 4.79 Å². The zero-order valence-corrected chi connectivity index (χ0v) is 10.7. The van der Waals surface area contributed by atoms with Gasteiger partial charge in [-0.3, -0.25) is 15.0 Å². The van der Waals surface area contributed by atoms with Gasteiger partial charge in [0, 0.05) is 10.6 Å². The Kier molecular flexibility index (Phi) is 3.64. The molecule has 1 aromatic carbocycles. The van der Waals surface area contributed by atoms with Gasteiger partial charge in [-0.05, 0) is 30.0 Å². The molecule has 2 rings (SSSR count). The van der Waals surface area contributed by atoms with Gasteiger partial charge in [0.05, 0.1) is 5.02 Å². The zero-order valence-electron chi connectivity index (χ0n) is 9.12. The first kappa shape index (κ1) is 14.0. The van der Waals surface area contributed by atoms with Crippen LogP contribution in [0.4, 0.5) is 23.7 Å². The number of carbonyl (C=O) groups excluding carboxylic acids is 2. The molecule has 0 spiro atoms. The number of rotatable bonds is 2. The number of hydrogen-bond acceptors (Lipinski definition) is 3. The number of carbonyl (C=O) groups is 2. The fourth-order valence-electron chi connectivity index (χ4n) is 1.52. The molecule has 0 aliphatic carbocycles. The highest BCUT2D eigenvalue weighted by molar-refractivity contribution is 8.00. The number of nitrogens with one attached hydrogen (secondary N) is 1. The Bertz CT molecular complexity index is 550. The summed E-state index contributed by atoms with van der Waals surface area (Å²) in [6.07, 6.45) is 0. The molecule has 1 saturated heterocycles. The van der Waals surface area contributed by atoms with Crippen LogP contribution in [0.2, 0.25) is 5.02 Å². The van der Waals surface area contributed by atoms with Crippen molar-refractivity contribution in [1.29, 1.82) is 0 Å². The quantitative estimate of drug-likeness (QED) is 0.675. The molecule has 9 heteroatoms. The third-order valence-electron chi connectivity index (χ3n) is 2.25. The lowest BCUT2D eigenvalue weighted by molar-refractivity contribution is -0.117. The second kappa shape index (κ2) is 4.93. The summed E-state index contributed by atoms with van der Waals surface area (Å²) in [4.78, 5) is 23.3. The van der Waals surface area contributed by atoms with Crippen LogP contribution in [0.5, 0.6) is 0 Å². The van der Waals surface area contributed by atoms with Crippen LogP contribution in [0.15, 0.2) is 23.1 Å². The van der Waals surface area contributed by atoms with E-state index in [1.165, 1.54) is 12.1 Å². The van der Waals surface area contributed by atoms with Crippen molar-refractivity contribution in [3.8, 4) is 0 Å². The van der Waals surface area contributed by atoms with Gasteiger partial charge >= 0.3 is 11.5 Å². The van der Waals surface area contributed by atoms with Crippen LogP contribution in [0.25, 0.3) is 0 Å². The largest absolute Gasteiger partial charge is 0.446 e. The van der Waals surface area contributed by atoms with E-state index < -0.39 is 17.4 Å². The van der Waals surface area contributed by atoms with Gasteiger partial charge in [-0.1, -0.05) is 11.6 Å². The molecular weight excluding hydrogens is 305 g/mol. The lowest BCUT2D eigenvalue weighted by Gasteiger charge is -2.15. The van der Waals surface area contributed by atoms with Gasteiger partial charge in [-0.15, -0.1) is 0 Å². The maximum Gasteiger partial charge on any atom is 0.446 e. The van der Waals surface area contributed by atoms with Crippen LogP contribution in [0, 0.1) is 0 Å². The third kappa shape index (κ3) is 3.32. The summed E-state index contributed by atoms with van der Waals surface area (Å²) in [6, 6.07) is 3.05. The van der Waals surface area contributed by atoms with Crippen LogP contribution < -0.4 is 10.2 Å². The Morgan fingerprint density at radius 1 is 1.32 bits per heavy atom. The van der Waals surface area contributed by atoms with Crippen molar-refractivity contribution in [2.75, 3.05) is 11.4 Å². The first-order valence-corrected chi connectivity index (χ1v) is 6.12. The molecule has 1 aromatic rings. The molecule has 1 N–H and O–H groups in total. The summed E-state index contributed by atoms with van der Waals surface area (Å²) >= 11 is 5.40. The molecule has 1 heterocycles. The third-order valence-corrected chi connectivity index (χ3v) is 3.48. The monoisotopic (exact) mass is 310 g/mol. The Balaban J connectivity index is 2.24. The minimum Gasteiger partial charge on any atom is -0.285 e. The number of amides is 3. The first-order chi connectivity index (χ1) is 8.76. The van der Waals surface area contributed by atoms with E-state index in [0.717, 1.165) is 11.0 Å². The summed E-state index contributed by atoms with van der Waals surface area (Å²) < 4.78 is 36.7. The summed E-state index contributed by atoms with van der Waals surface area (Å²) in [5, 5.41) is 1.92. The number of hydrogen-bond donors (Lipinski definition) is 1. The standard InChI is InChI=1S/C10H6ClF3N2O2S/c11-6-3-5(16-4-8(17)15-9(16)18)1-2-7(6)19-10(12,13)14/h1-3H,4H2,(H,15,17,18). The Morgan fingerprint density at radius 2 is 2.00 bits per heavy atom. The molecule has 0 atom stereocenters. The molecule has 102 valence electrons. The first-order valence-electron chi connectivity index (χ1n) is 4.93. The van der Waals surface area contributed by atoms with E-state index in [0.29, 0.717) is 0 Å². The summed E-state index contributed by atoms with van der Waals surface area (Å²) in [6.45, 7) is -0.180. The fraction of sp³-hybridized carbons (Fsp3) is 0.200. The van der Waals surface area contributed by atoms with Gasteiger partial charge < -0.3 is 0 Å². The highest BCUT2D eigenvalue weighted by Crippen LogP contribution is 2.41. The van der Waals surface area contributed by atoms with Gasteiger partial charge in [0.2, 0.25) is 5.91 Å². The number of benzene rings is 1. The maximum absolute atomic E-state index is 12.2. The molecule has 0 bridgehead atoms. The molecule has 1 aliphatic heterocycles. The highest BCUT2D eigenvalue weighted by atomic mass is 35.5. The fourth-order valence-corrected chi connectivity index (χ4v) is 2.35. The predicted molar refractivity (Wildman–Crippen MR) is 64.2 cm³/mol. The van der Waals surface area contributed by atoms with Gasteiger partial charge in [-0.2, -0.15) is 13.2 Å². The molecule has 0 aromatic heterocycles. The number of halogens is 4. The number of nitrogens with zero attached hydrogens (tertiary/aromatic N) is 1. The highest BCUT2D eigenvalue weighted by Gasteiger charge is 2.32. The van der Waals surface area contributed by atoms with Gasteiger partial charge in [0.15, 0.2) is 0 Å². The van der Waals surface area contributed by atoms with E-state index >= 15 is 0 Å². The Hall–Kier alpha value is -1.41. The Labute approximate surface area is 114 Å². The molecule has 19 heavy (non-hydrogen) atoms. The van der Waals surface area contributed by atoms with Crippen molar-refractivity contribution < 1.29 is 22.8 Å². The van der Waals surface area contributed by atoms with Crippen molar-refractivity contribution >= 4 is 41.0 Å². The molecule has 1 fully saturated rings. The minimum absolute atomic E-state index is 0.132. The lowest BCUT2D eigenvalue weighted by Crippen LogP contribution is -2.27. The van der Waals surface area contributed by atoms with Crippen molar-refractivity contribution in [3.63, 3.8) is 0 Å².